The van der Waals surface area contributed by atoms with Gasteiger partial charge in [0.05, 0.1) is 21.8 Å². The number of nitrogens with zero attached hydrogens (tertiary/aromatic N) is 2. The second kappa shape index (κ2) is 8.52. The monoisotopic (exact) mass is 474 g/mol. The molecule has 1 aromatic carbocycles. The molecule has 0 spiro atoms. The summed E-state index contributed by atoms with van der Waals surface area (Å²) in [6.45, 7) is 0.766. The molecule has 1 atom stereocenters. The number of anilines is 1. The number of nitrogens with two attached hydrogens (primary N) is 1. The summed E-state index contributed by atoms with van der Waals surface area (Å²) in [5, 5.41) is 20.9. The molecule has 4 N–H and O–H groups in total. The third-order valence-electron chi connectivity index (χ3n) is 4.05. The highest BCUT2D eigenvalue weighted by atomic mass is 32.2. The van der Waals surface area contributed by atoms with Gasteiger partial charge >= 0.3 is 6.18 Å². The van der Waals surface area contributed by atoms with Crippen molar-refractivity contribution in [2.45, 2.75) is 23.6 Å². The van der Waals surface area contributed by atoms with Crippen molar-refractivity contribution in [1.29, 1.82) is 5.26 Å². The molecule has 170 valence electrons. The van der Waals surface area contributed by atoms with Crippen LogP contribution in [0.4, 0.5) is 23.4 Å². The van der Waals surface area contributed by atoms with E-state index >= 15 is 0 Å². The van der Waals surface area contributed by atoms with E-state index in [9.17, 15) is 40.7 Å². The highest BCUT2D eigenvalue weighted by Crippen LogP contribution is 2.31. The maximum atomic E-state index is 13.9. The molecule has 2 amide bonds. The fourth-order valence-corrected chi connectivity index (χ4v) is 4.09. The number of hydrogen-bond donors (Lipinski definition) is 3. The predicted molar refractivity (Wildman–Crippen MR) is 100 cm³/mol. The lowest BCUT2D eigenvalue weighted by Crippen LogP contribution is -2.46. The minimum atomic E-state index is -5.02. The third kappa shape index (κ3) is 5.37. The van der Waals surface area contributed by atoms with Crippen LogP contribution in [0.2, 0.25) is 0 Å². The number of aliphatic hydroxyl groups is 1. The van der Waals surface area contributed by atoms with Gasteiger partial charge in [-0.05, 0) is 37.3 Å². The molecule has 0 aliphatic heterocycles. The summed E-state index contributed by atoms with van der Waals surface area (Å²) in [4.78, 5) is 25.8. The highest BCUT2D eigenvalue weighted by molar-refractivity contribution is 7.91. The Kier molecular flexibility index (Phi) is 6.57. The number of pyridine rings is 1. The van der Waals surface area contributed by atoms with Crippen molar-refractivity contribution in [3.8, 4) is 6.07 Å². The number of sulfone groups is 1. The van der Waals surface area contributed by atoms with Crippen molar-refractivity contribution in [2.24, 2.45) is 5.73 Å². The van der Waals surface area contributed by atoms with Gasteiger partial charge in [-0.1, -0.05) is 0 Å². The first-order valence-electron chi connectivity index (χ1n) is 8.43. The minimum Gasteiger partial charge on any atom is -0.379 e. The maximum Gasteiger partial charge on any atom is 0.434 e. The SMILES string of the molecule is C[C@](O)(CS(=O)(=O)c1ccc(C(N)=O)c(F)c1)C(=O)Nc1ccc(C#N)c(C(F)(F)F)n1. The van der Waals surface area contributed by atoms with Crippen LogP contribution in [0.1, 0.15) is 28.5 Å². The normalized spacial score (nSPS) is 13.7. The molecule has 1 heterocycles. The standard InChI is InChI=1S/C18H14F4N4O5S/c1-17(29,8-32(30,31)10-3-4-11(15(24)27)12(19)6-10)16(28)26-13-5-2-9(7-23)14(25-13)18(20,21)22/h2-6,29H,8H2,1H3,(H2,24,27)(H,25,26,28)/t17-/m0/s1. The van der Waals surface area contributed by atoms with Crippen LogP contribution in [-0.4, -0.2) is 41.7 Å². The predicted octanol–water partition coefficient (Wildman–Crippen LogP) is 1.37. The molecule has 0 radical (unpaired) electrons. The van der Waals surface area contributed by atoms with E-state index in [0.29, 0.717) is 6.07 Å². The van der Waals surface area contributed by atoms with Gasteiger partial charge in [0.2, 0.25) is 0 Å². The van der Waals surface area contributed by atoms with Crippen LogP contribution in [-0.2, 0) is 20.8 Å². The van der Waals surface area contributed by atoms with Gasteiger partial charge < -0.3 is 16.2 Å². The number of nitriles is 1. The van der Waals surface area contributed by atoms with E-state index in [1.54, 1.807) is 0 Å². The number of carbonyl (C=O) groups is 2. The van der Waals surface area contributed by atoms with Crippen LogP contribution in [0.5, 0.6) is 0 Å². The van der Waals surface area contributed by atoms with Gasteiger partial charge in [-0.2, -0.15) is 18.4 Å². The van der Waals surface area contributed by atoms with E-state index in [-0.39, 0.29) is 0 Å². The Bertz CT molecular complexity index is 1240. The van der Waals surface area contributed by atoms with Crippen LogP contribution in [0.3, 0.4) is 0 Å². The second-order valence-electron chi connectivity index (χ2n) is 6.70. The molecule has 0 aliphatic carbocycles. The molecule has 1 aromatic heterocycles. The zero-order valence-electron chi connectivity index (χ0n) is 16.1. The van der Waals surface area contributed by atoms with Crippen LogP contribution in [0.25, 0.3) is 0 Å². The number of halogens is 4. The number of hydrogen-bond acceptors (Lipinski definition) is 7. The maximum absolute atomic E-state index is 13.9. The number of carbonyl (C=O) groups excluding carboxylic acids is 2. The Labute approximate surface area is 178 Å². The highest BCUT2D eigenvalue weighted by Gasteiger charge is 2.39. The summed E-state index contributed by atoms with van der Waals surface area (Å²) in [5.41, 5.74) is -0.744. The van der Waals surface area contributed by atoms with Gasteiger partial charge in [-0.3, -0.25) is 9.59 Å². The minimum absolute atomic E-state index is 0.473. The molecule has 9 nitrogen and oxygen atoms in total. The van der Waals surface area contributed by atoms with Crippen molar-refractivity contribution in [1.82, 2.24) is 4.98 Å². The molecule has 0 saturated heterocycles. The molecule has 0 unspecified atom stereocenters. The number of amides is 2. The molecular weight excluding hydrogens is 460 g/mol. The number of alkyl halides is 3. The summed E-state index contributed by atoms with van der Waals surface area (Å²) < 4.78 is 77.8. The van der Waals surface area contributed by atoms with Gasteiger partial charge in [-0.25, -0.2) is 17.8 Å². The fraction of sp³-hybridized carbons (Fsp3) is 0.222. The molecule has 0 saturated carbocycles. The van der Waals surface area contributed by atoms with Crippen molar-refractivity contribution in [3.63, 3.8) is 0 Å². The molecular formula is C18H14F4N4O5S. The van der Waals surface area contributed by atoms with E-state index in [2.05, 4.69) is 4.98 Å². The molecule has 0 fully saturated rings. The lowest BCUT2D eigenvalue weighted by molar-refractivity contribution is -0.141. The summed E-state index contributed by atoms with van der Waals surface area (Å²) in [6, 6.07) is 5.00. The average molecular weight is 474 g/mol. The van der Waals surface area contributed by atoms with Crippen molar-refractivity contribution < 1.29 is 40.7 Å². The van der Waals surface area contributed by atoms with E-state index in [0.717, 1.165) is 31.2 Å². The molecule has 2 aromatic rings. The summed E-state index contributed by atoms with van der Waals surface area (Å²) >= 11 is 0. The lowest BCUT2D eigenvalue weighted by atomic mass is 10.1. The van der Waals surface area contributed by atoms with Gasteiger partial charge in [0.25, 0.3) is 11.8 Å². The van der Waals surface area contributed by atoms with E-state index in [1.807, 2.05) is 5.32 Å². The Hall–Kier alpha value is -3.57. The van der Waals surface area contributed by atoms with Crippen LogP contribution in [0.15, 0.2) is 35.2 Å². The van der Waals surface area contributed by atoms with Crippen LogP contribution < -0.4 is 11.1 Å². The fourth-order valence-electron chi connectivity index (χ4n) is 2.49. The number of rotatable bonds is 6. The topological polar surface area (TPSA) is 163 Å². The largest absolute Gasteiger partial charge is 0.434 e. The third-order valence-corrected chi connectivity index (χ3v) is 5.97. The first-order chi connectivity index (χ1) is 14.6. The Morgan fingerprint density at radius 1 is 1.25 bits per heavy atom. The first kappa shape index (κ1) is 24.7. The zero-order chi connectivity index (χ0) is 24.5. The zero-order valence-corrected chi connectivity index (χ0v) is 16.9. The number of primary amides is 1. The number of nitrogens with one attached hydrogen (secondary N) is 1. The average Bonchev–Trinajstić information content (AvgIpc) is 2.66. The van der Waals surface area contributed by atoms with Gasteiger partial charge in [0, 0.05) is 0 Å². The van der Waals surface area contributed by atoms with E-state index in [4.69, 9.17) is 11.0 Å². The molecule has 2 rings (SSSR count). The van der Waals surface area contributed by atoms with Gasteiger partial charge in [-0.15, -0.1) is 0 Å². The quantitative estimate of drug-likeness (QED) is 0.532. The summed E-state index contributed by atoms with van der Waals surface area (Å²) in [5.74, 6) is -5.81. The van der Waals surface area contributed by atoms with Crippen molar-refractivity contribution >= 4 is 27.5 Å². The summed E-state index contributed by atoms with van der Waals surface area (Å²) in [6.07, 6.45) is -5.02. The molecule has 0 aliphatic rings. The van der Waals surface area contributed by atoms with E-state index < -0.39 is 72.5 Å². The van der Waals surface area contributed by atoms with Crippen molar-refractivity contribution in [2.75, 3.05) is 11.1 Å². The Morgan fingerprint density at radius 3 is 2.38 bits per heavy atom. The molecule has 14 heteroatoms. The second-order valence-corrected chi connectivity index (χ2v) is 8.68. The van der Waals surface area contributed by atoms with Crippen LogP contribution >= 0.6 is 0 Å². The molecule has 0 bridgehead atoms. The Balaban J connectivity index is 2.29. The lowest BCUT2D eigenvalue weighted by Gasteiger charge is -2.22. The van der Waals surface area contributed by atoms with Gasteiger partial charge in [0.1, 0.15) is 17.7 Å². The Morgan fingerprint density at radius 2 is 1.88 bits per heavy atom. The smallest absolute Gasteiger partial charge is 0.379 e. The number of aromatic nitrogens is 1. The first-order valence-corrected chi connectivity index (χ1v) is 10.1. The van der Waals surface area contributed by atoms with Crippen molar-refractivity contribution in [3.05, 3.63) is 53.0 Å². The van der Waals surface area contributed by atoms with E-state index in [1.165, 1.54) is 6.07 Å². The van der Waals surface area contributed by atoms with Crippen LogP contribution in [0, 0.1) is 17.1 Å². The number of benzene rings is 1. The van der Waals surface area contributed by atoms with Gasteiger partial charge in [0.15, 0.2) is 21.1 Å². The molecule has 32 heavy (non-hydrogen) atoms. The summed E-state index contributed by atoms with van der Waals surface area (Å²) in [7, 11) is -4.51.